The third-order valence-electron chi connectivity index (χ3n) is 7.76. The molecule has 4 heterocycles. The lowest BCUT2D eigenvalue weighted by atomic mass is 9.79. The minimum Gasteiger partial charge on any atom is -0.383 e. The zero-order chi connectivity index (χ0) is 24.1. The summed E-state index contributed by atoms with van der Waals surface area (Å²) in [5.41, 5.74) is 11.4. The molecule has 0 bridgehead atoms. The van der Waals surface area contributed by atoms with Gasteiger partial charge in [-0.3, -0.25) is 0 Å². The SMILES string of the molecule is Nc1ncnc2c1c(-c1ccc3ccc(Nc4ccccc4)nc3c1)cn2C1CC(CN2CCC2)C1. The van der Waals surface area contributed by atoms with Gasteiger partial charge >= 0.3 is 0 Å². The normalized spacial score (nSPS) is 19.8. The predicted molar refractivity (Wildman–Crippen MR) is 145 cm³/mol. The van der Waals surface area contributed by atoms with Gasteiger partial charge in [-0.2, -0.15) is 0 Å². The first-order valence-electron chi connectivity index (χ1n) is 12.8. The van der Waals surface area contributed by atoms with E-state index in [9.17, 15) is 0 Å². The maximum atomic E-state index is 6.41. The van der Waals surface area contributed by atoms with E-state index >= 15 is 0 Å². The predicted octanol–water partition coefficient (Wildman–Crippen LogP) is 5.63. The largest absolute Gasteiger partial charge is 0.383 e. The third-order valence-corrected chi connectivity index (χ3v) is 7.76. The molecule has 36 heavy (non-hydrogen) atoms. The molecule has 0 radical (unpaired) electrons. The number of benzene rings is 2. The van der Waals surface area contributed by atoms with Gasteiger partial charge in [0.15, 0.2) is 0 Å². The summed E-state index contributed by atoms with van der Waals surface area (Å²) in [6.45, 7) is 3.76. The van der Waals surface area contributed by atoms with E-state index in [1.165, 1.54) is 38.9 Å². The molecule has 1 saturated carbocycles. The number of rotatable bonds is 6. The molecule has 0 atom stereocenters. The van der Waals surface area contributed by atoms with Gasteiger partial charge in [0, 0.05) is 35.4 Å². The number of hydrogen-bond donors (Lipinski definition) is 2. The van der Waals surface area contributed by atoms with Gasteiger partial charge in [-0.1, -0.05) is 30.3 Å². The lowest BCUT2D eigenvalue weighted by Crippen LogP contribution is -2.43. The van der Waals surface area contributed by atoms with Crippen molar-refractivity contribution >= 4 is 39.3 Å². The first kappa shape index (κ1) is 21.3. The summed E-state index contributed by atoms with van der Waals surface area (Å²) in [6, 6.07) is 21.1. The van der Waals surface area contributed by atoms with Gasteiger partial charge in [0.05, 0.1) is 10.9 Å². The fourth-order valence-corrected chi connectivity index (χ4v) is 5.64. The van der Waals surface area contributed by atoms with Crippen molar-refractivity contribution in [1.29, 1.82) is 0 Å². The van der Waals surface area contributed by atoms with E-state index in [-0.39, 0.29) is 0 Å². The van der Waals surface area contributed by atoms with Crippen LogP contribution in [0.4, 0.5) is 17.3 Å². The van der Waals surface area contributed by atoms with Crippen LogP contribution in [0.25, 0.3) is 33.1 Å². The van der Waals surface area contributed by atoms with E-state index in [0.29, 0.717) is 11.9 Å². The Hall–Kier alpha value is -3.97. The molecule has 0 amide bonds. The van der Waals surface area contributed by atoms with Crippen molar-refractivity contribution in [2.75, 3.05) is 30.7 Å². The first-order chi connectivity index (χ1) is 17.7. The average Bonchev–Trinajstić information content (AvgIpc) is 3.23. The van der Waals surface area contributed by atoms with Gasteiger partial charge in [0.1, 0.15) is 23.6 Å². The molecule has 2 fully saturated rings. The maximum Gasteiger partial charge on any atom is 0.146 e. The number of hydrogen-bond acceptors (Lipinski definition) is 6. The minimum absolute atomic E-state index is 0.460. The molecular weight excluding hydrogens is 446 g/mol. The fourth-order valence-electron chi connectivity index (χ4n) is 5.64. The highest BCUT2D eigenvalue weighted by atomic mass is 15.2. The van der Waals surface area contributed by atoms with Crippen LogP contribution in [0.15, 0.2) is 73.2 Å². The van der Waals surface area contributed by atoms with Crippen LogP contribution in [0.5, 0.6) is 0 Å². The van der Waals surface area contributed by atoms with Crippen molar-refractivity contribution in [3.8, 4) is 11.1 Å². The van der Waals surface area contributed by atoms with Crippen LogP contribution in [0, 0.1) is 5.92 Å². The average molecular weight is 476 g/mol. The van der Waals surface area contributed by atoms with Crippen molar-refractivity contribution in [1.82, 2.24) is 24.4 Å². The Bertz CT molecular complexity index is 1550. The molecule has 3 N–H and O–H groups in total. The second-order valence-corrected chi connectivity index (χ2v) is 10.1. The molecule has 0 spiro atoms. The Kier molecular flexibility index (Phi) is 5.10. The third kappa shape index (κ3) is 3.76. The summed E-state index contributed by atoms with van der Waals surface area (Å²) >= 11 is 0. The second kappa shape index (κ2) is 8.60. The number of pyridine rings is 1. The summed E-state index contributed by atoms with van der Waals surface area (Å²) in [7, 11) is 0. The summed E-state index contributed by atoms with van der Waals surface area (Å²) in [5, 5.41) is 5.42. The van der Waals surface area contributed by atoms with Crippen LogP contribution < -0.4 is 11.1 Å². The van der Waals surface area contributed by atoms with E-state index in [1.54, 1.807) is 6.33 Å². The highest BCUT2D eigenvalue weighted by molar-refractivity contribution is 6.02. The number of nitrogens with one attached hydrogen (secondary N) is 1. The quantitative estimate of drug-likeness (QED) is 0.331. The monoisotopic (exact) mass is 475 g/mol. The number of fused-ring (bicyclic) bond motifs is 2. The van der Waals surface area contributed by atoms with E-state index in [0.717, 1.165) is 50.5 Å². The van der Waals surface area contributed by atoms with Gasteiger partial charge in [-0.05, 0) is 74.2 Å². The number of anilines is 3. The molecular formula is C29H29N7. The number of para-hydroxylation sites is 1. The lowest BCUT2D eigenvalue weighted by Gasteiger charge is -2.42. The smallest absolute Gasteiger partial charge is 0.146 e. The van der Waals surface area contributed by atoms with Crippen molar-refractivity contribution in [2.24, 2.45) is 5.92 Å². The molecule has 7 nitrogen and oxygen atoms in total. The van der Waals surface area contributed by atoms with E-state index in [2.05, 4.69) is 55.2 Å². The Labute approximate surface area is 210 Å². The highest BCUT2D eigenvalue weighted by Gasteiger charge is 2.34. The molecule has 5 aromatic rings. The van der Waals surface area contributed by atoms with Crippen LogP contribution in [-0.4, -0.2) is 44.1 Å². The molecule has 3 aromatic heterocycles. The van der Waals surface area contributed by atoms with E-state index in [1.807, 2.05) is 36.4 Å². The molecule has 1 aliphatic carbocycles. The highest BCUT2D eigenvalue weighted by Crippen LogP contribution is 2.43. The molecule has 7 rings (SSSR count). The van der Waals surface area contributed by atoms with Crippen molar-refractivity contribution < 1.29 is 0 Å². The molecule has 180 valence electrons. The zero-order valence-electron chi connectivity index (χ0n) is 20.1. The number of nitrogen functional groups attached to an aromatic ring is 1. The van der Waals surface area contributed by atoms with Crippen molar-refractivity contribution in [3.63, 3.8) is 0 Å². The molecule has 7 heteroatoms. The topological polar surface area (TPSA) is 84.9 Å². The number of aromatic nitrogens is 4. The van der Waals surface area contributed by atoms with Crippen LogP contribution in [0.3, 0.4) is 0 Å². The Morgan fingerprint density at radius 3 is 2.61 bits per heavy atom. The fraction of sp³-hybridized carbons (Fsp3) is 0.276. The number of nitrogens with zero attached hydrogens (tertiary/aromatic N) is 5. The standard InChI is InChI=1S/C29H29N7/c30-28-27-24(17-36(29(27)32-18-31-28)23-13-19(14-23)16-35-11-4-12-35)21-8-7-20-9-10-26(34-25(20)15-21)33-22-5-2-1-3-6-22/h1-3,5-10,15,17-19,23H,4,11-14,16H2,(H,33,34)(H2,30,31,32). The molecule has 2 aliphatic rings. The molecule has 2 aromatic carbocycles. The molecule has 1 aliphatic heterocycles. The number of likely N-dealkylation sites (tertiary alicyclic amines) is 1. The van der Waals surface area contributed by atoms with E-state index in [4.69, 9.17) is 10.7 Å². The van der Waals surface area contributed by atoms with Crippen LogP contribution in [-0.2, 0) is 0 Å². The van der Waals surface area contributed by atoms with Crippen LogP contribution >= 0.6 is 0 Å². The maximum absolute atomic E-state index is 6.41. The zero-order valence-corrected chi connectivity index (χ0v) is 20.1. The van der Waals surface area contributed by atoms with Crippen LogP contribution in [0.1, 0.15) is 25.3 Å². The van der Waals surface area contributed by atoms with Crippen molar-refractivity contribution in [2.45, 2.75) is 25.3 Å². The van der Waals surface area contributed by atoms with Gasteiger partial charge in [0.2, 0.25) is 0 Å². The van der Waals surface area contributed by atoms with Gasteiger partial charge in [0.25, 0.3) is 0 Å². The Morgan fingerprint density at radius 2 is 1.81 bits per heavy atom. The van der Waals surface area contributed by atoms with Gasteiger partial charge in [-0.15, -0.1) is 0 Å². The lowest BCUT2D eigenvalue weighted by molar-refractivity contribution is 0.0921. The minimum atomic E-state index is 0.460. The first-order valence-corrected chi connectivity index (χ1v) is 12.8. The Morgan fingerprint density at radius 1 is 0.972 bits per heavy atom. The van der Waals surface area contributed by atoms with E-state index < -0.39 is 0 Å². The molecule has 1 saturated heterocycles. The summed E-state index contributed by atoms with van der Waals surface area (Å²) in [4.78, 5) is 16.5. The summed E-state index contributed by atoms with van der Waals surface area (Å²) in [5.74, 6) is 2.12. The van der Waals surface area contributed by atoms with Crippen molar-refractivity contribution in [3.05, 3.63) is 73.2 Å². The number of nitrogens with two attached hydrogens (primary N) is 1. The summed E-state index contributed by atoms with van der Waals surface area (Å²) in [6.07, 6.45) is 7.54. The molecule has 0 unspecified atom stereocenters. The Balaban J connectivity index is 1.23. The van der Waals surface area contributed by atoms with Gasteiger partial charge in [-0.25, -0.2) is 15.0 Å². The summed E-state index contributed by atoms with van der Waals surface area (Å²) < 4.78 is 2.33. The second-order valence-electron chi connectivity index (χ2n) is 10.1. The van der Waals surface area contributed by atoms with Crippen LogP contribution in [0.2, 0.25) is 0 Å². The van der Waals surface area contributed by atoms with Gasteiger partial charge < -0.3 is 20.5 Å².